The van der Waals surface area contributed by atoms with Gasteiger partial charge in [-0.1, -0.05) is 57.6 Å². The van der Waals surface area contributed by atoms with Gasteiger partial charge in [-0.3, -0.25) is 9.78 Å². The second kappa shape index (κ2) is 8.44. The second-order valence-corrected chi connectivity index (χ2v) is 9.43. The van der Waals surface area contributed by atoms with Crippen molar-refractivity contribution in [1.29, 1.82) is 0 Å². The first-order valence-corrected chi connectivity index (χ1v) is 12.0. The number of hydrogen-bond donors (Lipinski definition) is 0. The van der Waals surface area contributed by atoms with E-state index in [1.54, 1.807) is 12.4 Å². The minimum absolute atomic E-state index is 0.211. The van der Waals surface area contributed by atoms with Crippen LogP contribution in [0.15, 0.2) is 94.6 Å². The molecule has 0 unspecified atom stereocenters. The average molecular weight is 527 g/mol. The normalized spacial score (nSPS) is 12.0. The zero-order valence-electron chi connectivity index (χ0n) is 17.5. The van der Waals surface area contributed by atoms with Crippen LogP contribution < -0.4 is 10.1 Å². The zero-order valence-corrected chi connectivity index (χ0v) is 19.9. The number of para-hydroxylation sites is 1. The lowest BCUT2D eigenvalue weighted by atomic mass is 10.1. The number of nitrogens with zero attached hydrogens (tertiary/aromatic N) is 6. The lowest BCUT2D eigenvalue weighted by molar-refractivity contribution is 0.884. The van der Waals surface area contributed by atoms with Gasteiger partial charge in [-0.2, -0.15) is 14.6 Å². The number of benzene rings is 2. The van der Waals surface area contributed by atoms with Crippen LogP contribution in [0.2, 0.25) is 0 Å². The van der Waals surface area contributed by atoms with Gasteiger partial charge < -0.3 is 0 Å². The van der Waals surface area contributed by atoms with E-state index in [0.29, 0.717) is 15.3 Å². The minimum Gasteiger partial charge on any atom is -0.266 e. The first-order chi connectivity index (χ1) is 16.7. The molecule has 4 heterocycles. The minimum atomic E-state index is -0.211. The van der Waals surface area contributed by atoms with E-state index in [0.717, 1.165) is 32.5 Å². The third-order valence-electron chi connectivity index (χ3n) is 5.27. The van der Waals surface area contributed by atoms with Crippen molar-refractivity contribution in [2.45, 2.75) is 0 Å². The van der Waals surface area contributed by atoms with Crippen LogP contribution in [0.25, 0.3) is 39.4 Å². The maximum absolute atomic E-state index is 13.1. The molecule has 0 aliphatic heterocycles. The van der Waals surface area contributed by atoms with Crippen molar-refractivity contribution in [3.05, 3.63) is 110 Å². The summed E-state index contributed by atoms with van der Waals surface area (Å²) in [5.41, 5.74) is 4.06. The van der Waals surface area contributed by atoms with Crippen molar-refractivity contribution in [1.82, 2.24) is 29.4 Å². The Morgan fingerprint density at radius 3 is 2.47 bits per heavy atom. The quantitative estimate of drug-likeness (QED) is 0.340. The van der Waals surface area contributed by atoms with E-state index in [1.165, 1.54) is 15.9 Å². The highest BCUT2D eigenvalue weighted by atomic mass is 79.9. The standard InChI is InChI=1S/C25H15BrN6OS/c26-19-10-8-16(9-11-19)22-18(15-31(29-22)20-6-2-1-3-7-20)13-21-24(33)32-25(34-21)28-23(30-32)17-5-4-12-27-14-17/h1-15H. The molecule has 0 spiro atoms. The van der Waals surface area contributed by atoms with Gasteiger partial charge in [0.1, 0.15) is 0 Å². The Bertz CT molecular complexity index is 1720. The van der Waals surface area contributed by atoms with Crippen LogP contribution in [-0.2, 0) is 0 Å². The highest BCUT2D eigenvalue weighted by Crippen LogP contribution is 2.26. The molecule has 34 heavy (non-hydrogen) atoms. The van der Waals surface area contributed by atoms with E-state index >= 15 is 0 Å². The summed E-state index contributed by atoms with van der Waals surface area (Å²) in [4.78, 5) is 22.3. The van der Waals surface area contributed by atoms with Gasteiger partial charge in [0.15, 0.2) is 5.82 Å². The van der Waals surface area contributed by atoms with E-state index in [2.05, 4.69) is 31.0 Å². The average Bonchev–Trinajstić information content (AvgIpc) is 3.56. The summed E-state index contributed by atoms with van der Waals surface area (Å²) in [6.07, 6.45) is 7.16. The molecule has 9 heteroatoms. The van der Waals surface area contributed by atoms with Crippen LogP contribution in [0.4, 0.5) is 0 Å². The number of thiazole rings is 1. The third-order valence-corrected chi connectivity index (χ3v) is 6.76. The Hall–Kier alpha value is -3.95. The van der Waals surface area contributed by atoms with E-state index < -0.39 is 0 Å². The Kier molecular flexibility index (Phi) is 5.12. The Balaban J connectivity index is 1.50. The summed E-state index contributed by atoms with van der Waals surface area (Å²) in [5.74, 6) is 0.482. The SMILES string of the molecule is O=c1c(=Cc2cn(-c3ccccc3)nc2-c2ccc(Br)cc2)sc2nc(-c3cccnc3)nn12. The van der Waals surface area contributed by atoms with E-state index in [4.69, 9.17) is 5.10 Å². The van der Waals surface area contributed by atoms with Crippen LogP contribution in [0, 0.1) is 0 Å². The number of aromatic nitrogens is 6. The van der Waals surface area contributed by atoms with Crippen molar-refractivity contribution in [3.8, 4) is 28.3 Å². The molecule has 0 fully saturated rings. The molecule has 164 valence electrons. The molecule has 0 saturated heterocycles. The van der Waals surface area contributed by atoms with Crippen LogP contribution in [0.3, 0.4) is 0 Å². The topological polar surface area (TPSA) is 78.0 Å². The van der Waals surface area contributed by atoms with Crippen LogP contribution in [0.1, 0.15) is 5.56 Å². The maximum Gasteiger partial charge on any atom is 0.291 e. The number of halogens is 1. The van der Waals surface area contributed by atoms with E-state index in [1.807, 2.05) is 83.7 Å². The predicted octanol–water partition coefficient (Wildman–Crippen LogP) is 4.38. The smallest absolute Gasteiger partial charge is 0.266 e. The number of pyridine rings is 1. The molecule has 0 aliphatic carbocycles. The summed E-state index contributed by atoms with van der Waals surface area (Å²) in [6.45, 7) is 0. The van der Waals surface area contributed by atoms with Crippen molar-refractivity contribution >= 4 is 38.3 Å². The van der Waals surface area contributed by atoms with Gasteiger partial charge in [0.05, 0.1) is 15.9 Å². The van der Waals surface area contributed by atoms with Crippen molar-refractivity contribution < 1.29 is 0 Å². The molecular formula is C25H15BrN6OS. The van der Waals surface area contributed by atoms with Gasteiger partial charge in [0.2, 0.25) is 4.96 Å². The molecule has 6 rings (SSSR count). The summed E-state index contributed by atoms with van der Waals surface area (Å²) in [6, 6.07) is 21.5. The number of hydrogen-bond acceptors (Lipinski definition) is 6. The molecular weight excluding hydrogens is 512 g/mol. The molecule has 0 saturated carbocycles. The summed E-state index contributed by atoms with van der Waals surface area (Å²) in [7, 11) is 0. The molecule has 0 N–H and O–H groups in total. The van der Waals surface area contributed by atoms with Gasteiger partial charge in [-0.05, 0) is 42.5 Å². The molecule has 0 radical (unpaired) electrons. The summed E-state index contributed by atoms with van der Waals surface area (Å²) < 4.78 is 4.70. The molecule has 0 atom stereocenters. The Morgan fingerprint density at radius 1 is 0.912 bits per heavy atom. The molecule has 2 aromatic carbocycles. The van der Waals surface area contributed by atoms with Gasteiger partial charge in [-0.15, -0.1) is 5.10 Å². The van der Waals surface area contributed by atoms with Crippen molar-refractivity contribution in [2.24, 2.45) is 0 Å². The molecule has 0 amide bonds. The van der Waals surface area contributed by atoms with Gasteiger partial charge >= 0.3 is 0 Å². The largest absolute Gasteiger partial charge is 0.291 e. The lowest BCUT2D eigenvalue weighted by Crippen LogP contribution is -2.23. The number of fused-ring (bicyclic) bond motifs is 1. The third kappa shape index (κ3) is 3.74. The molecule has 7 nitrogen and oxygen atoms in total. The fraction of sp³-hybridized carbons (Fsp3) is 0. The Labute approximate surface area is 205 Å². The van der Waals surface area contributed by atoms with Gasteiger partial charge in [0.25, 0.3) is 5.56 Å². The van der Waals surface area contributed by atoms with Crippen molar-refractivity contribution in [2.75, 3.05) is 0 Å². The van der Waals surface area contributed by atoms with Crippen LogP contribution >= 0.6 is 27.3 Å². The van der Waals surface area contributed by atoms with E-state index in [-0.39, 0.29) is 5.56 Å². The first-order valence-electron chi connectivity index (χ1n) is 10.4. The van der Waals surface area contributed by atoms with Gasteiger partial charge in [0, 0.05) is 39.8 Å². The maximum atomic E-state index is 13.1. The molecule has 6 aromatic rings. The predicted molar refractivity (Wildman–Crippen MR) is 136 cm³/mol. The fourth-order valence-electron chi connectivity index (χ4n) is 3.63. The van der Waals surface area contributed by atoms with Crippen LogP contribution in [0.5, 0.6) is 0 Å². The highest BCUT2D eigenvalue weighted by molar-refractivity contribution is 9.10. The molecule has 0 bridgehead atoms. The highest BCUT2D eigenvalue weighted by Gasteiger charge is 2.15. The monoisotopic (exact) mass is 526 g/mol. The Morgan fingerprint density at radius 2 is 1.74 bits per heavy atom. The molecule has 4 aromatic heterocycles. The summed E-state index contributed by atoms with van der Waals surface area (Å²) in [5, 5.41) is 9.23. The number of rotatable bonds is 4. The summed E-state index contributed by atoms with van der Waals surface area (Å²) >= 11 is 4.79. The fourth-order valence-corrected chi connectivity index (χ4v) is 4.79. The van der Waals surface area contributed by atoms with Crippen molar-refractivity contribution in [3.63, 3.8) is 0 Å². The van der Waals surface area contributed by atoms with E-state index in [9.17, 15) is 4.79 Å². The van der Waals surface area contributed by atoms with Gasteiger partial charge in [-0.25, -0.2) is 4.68 Å². The zero-order chi connectivity index (χ0) is 23.1. The first kappa shape index (κ1) is 20.6. The lowest BCUT2D eigenvalue weighted by Gasteiger charge is -2.00. The second-order valence-electron chi connectivity index (χ2n) is 7.51. The van der Waals surface area contributed by atoms with Crippen LogP contribution in [-0.4, -0.2) is 29.4 Å². The molecule has 0 aliphatic rings.